The molecule has 0 unspecified atom stereocenters. The molecule has 0 radical (unpaired) electrons. The number of hydrogen-bond donors (Lipinski definition) is 3. The van der Waals surface area contributed by atoms with Crippen molar-refractivity contribution in [3.8, 4) is 0 Å². The van der Waals surface area contributed by atoms with Gasteiger partial charge in [-0.2, -0.15) is 0 Å². The molecule has 0 atom stereocenters. The van der Waals surface area contributed by atoms with Crippen LogP contribution in [0.5, 0.6) is 0 Å². The molecular weight excluding hydrogens is 494 g/mol. The van der Waals surface area contributed by atoms with Gasteiger partial charge in [0.2, 0.25) is 0 Å². The number of carbonyl (C=O) groups is 2. The van der Waals surface area contributed by atoms with Crippen molar-refractivity contribution in [2.24, 2.45) is 5.73 Å². The van der Waals surface area contributed by atoms with Gasteiger partial charge in [-0.15, -0.1) is 0 Å². The second-order valence-electron chi connectivity index (χ2n) is 8.73. The van der Waals surface area contributed by atoms with Gasteiger partial charge in [-0.1, -0.05) is 117 Å². The maximum atomic E-state index is 10.1. The normalized spacial score (nSPS) is 9.39. The Morgan fingerprint density at radius 1 is 0.556 bits per heavy atom. The fraction of sp³-hybridized carbons (Fsp3) is 0.929. The van der Waals surface area contributed by atoms with Gasteiger partial charge in [0, 0.05) is 25.1 Å². The Morgan fingerprint density at radius 2 is 0.750 bits per heavy atom. The number of carboxylic acids is 2. The summed E-state index contributed by atoms with van der Waals surface area (Å²) in [4.78, 5) is 20.2. The number of rotatable bonds is 21. The Hall–Kier alpha value is -0.466. The molecule has 216 valence electrons. The van der Waals surface area contributed by atoms with Crippen LogP contribution in [0.25, 0.3) is 0 Å². The number of carbonyl (C=O) groups excluding carboxylic acids is 2. The summed E-state index contributed by atoms with van der Waals surface area (Å²) in [5, 5.41) is 35.5. The first kappa shape index (κ1) is 45.5. The summed E-state index contributed by atoms with van der Waals surface area (Å²) in [6, 6.07) is 0. The molecule has 0 amide bonds. The molecular formula is C28H59NO6Ti. The van der Waals surface area contributed by atoms with Gasteiger partial charge in [-0.05, 0) is 32.6 Å². The van der Waals surface area contributed by atoms with E-state index in [9.17, 15) is 19.8 Å². The van der Waals surface area contributed by atoms with Crippen molar-refractivity contribution >= 4 is 11.9 Å². The summed E-state index contributed by atoms with van der Waals surface area (Å²) < 4.78 is 0. The Kier molecular flexibility index (Phi) is 60.2. The van der Waals surface area contributed by atoms with Crippen molar-refractivity contribution in [1.29, 1.82) is 0 Å². The number of carboxylic acid groups (broad SMARTS) is 2. The Morgan fingerprint density at radius 3 is 0.917 bits per heavy atom. The van der Waals surface area contributed by atoms with Crippen molar-refractivity contribution in [2.45, 2.75) is 149 Å². The summed E-state index contributed by atoms with van der Waals surface area (Å²) in [7, 11) is 0. The molecule has 8 heteroatoms. The van der Waals surface area contributed by atoms with Crippen LogP contribution in [-0.2, 0) is 31.3 Å². The second kappa shape index (κ2) is 47.7. The van der Waals surface area contributed by atoms with Gasteiger partial charge in [-0.25, -0.2) is 0 Å². The van der Waals surface area contributed by atoms with Crippen LogP contribution >= 0.6 is 0 Å². The van der Waals surface area contributed by atoms with Gasteiger partial charge in [0.25, 0.3) is 0 Å². The van der Waals surface area contributed by atoms with Gasteiger partial charge >= 0.3 is 21.7 Å². The zero-order valence-electron chi connectivity index (χ0n) is 23.9. The smallest absolute Gasteiger partial charge is 0.550 e. The van der Waals surface area contributed by atoms with Crippen molar-refractivity contribution in [3.05, 3.63) is 0 Å². The van der Waals surface area contributed by atoms with Gasteiger partial charge in [0.1, 0.15) is 0 Å². The molecule has 36 heavy (non-hydrogen) atoms. The Labute approximate surface area is 237 Å². The molecule has 0 aliphatic carbocycles. The molecule has 4 N–H and O–H groups in total. The van der Waals surface area contributed by atoms with Crippen LogP contribution in [0.2, 0.25) is 0 Å². The van der Waals surface area contributed by atoms with E-state index in [2.05, 4.69) is 13.8 Å². The Balaban J connectivity index is -0.000000138. The first-order valence-corrected chi connectivity index (χ1v) is 14.2. The minimum absolute atomic E-state index is 0. The topological polar surface area (TPSA) is 147 Å². The van der Waals surface area contributed by atoms with E-state index in [4.69, 9.17) is 15.9 Å². The quantitative estimate of drug-likeness (QED) is 0.142. The van der Waals surface area contributed by atoms with Crippen LogP contribution in [0, 0.1) is 0 Å². The minimum atomic E-state index is -0.909. The van der Waals surface area contributed by atoms with Crippen molar-refractivity contribution in [3.63, 3.8) is 0 Å². The maximum absolute atomic E-state index is 10.1. The van der Waals surface area contributed by atoms with Crippen molar-refractivity contribution in [2.75, 3.05) is 19.8 Å². The molecule has 0 fully saturated rings. The van der Waals surface area contributed by atoms with Gasteiger partial charge < -0.3 is 35.7 Å². The number of aliphatic hydroxyl groups is 2. The predicted molar refractivity (Wildman–Crippen MR) is 143 cm³/mol. The third kappa shape index (κ3) is 69.9. The van der Waals surface area contributed by atoms with E-state index in [1.807, 2.05) is 0 Å². The van der Waals surface area contributed by atoms with Crippen LogP contribution in [0.3, 0.4) is 0 Å². The second-order valence-corrected chi connectivity index (χ2v) is 8.73. The van der Waals surface area contributed by atoms with Gasteiger partial charge in [0.15, 0.2) is 0 Å². The third-order valence-electron chi connectivity index (χ3n) is 5.10. The summed E-state index contributed by atoms with van der Waals surface area (Å²) in [6.45, 7) is 6.85. The van der Waals surface area contributed by atoms with Crippen LogP contribution < -0.4 is 15.9 Å². The summed E-state index contributed by atoms with van der Waals surface area (Å²) in [5.41, 5.74) is 4.78. The molecule has 0 saturated heterocycles. The molecule has 0 aliphatic heterocycles. The molecule has 0 saturated carbocycles. The van der Waals surface area contributed by atoms with Crippen LogP contribution in [0.4, 0.5) is 0 Å². The molecule has 0 rings (SSSR count). The molecule has 0 aliphatic rings. The summed E-state index contributed by atoms with van der Waals surface area (Å²) in [6.07, 6.45) is 22.3. The fourth-order valence-corrected chi connectivity index (χ4v) is 3.16. The summed E-state index contributed by atoms with van der Waals surface area (Å²) >= 11 is 0. The van der Waals surface area contributed by atoms with Crippen molar-refractivity contribution in [1.82, 2.24) is 0 Å². The van der Waals surface area contributed by atoms with E-state index in [-0.39, 0.29) is 47.8 Å². The number of unbranched alkanes of at least 4 members (excludes halogenated alkanes) is 16. The first-order valence-electron chi connectivity index (χ1n) is 14.2. The molecule has 0 aromatic heterocycles. The van der Waals surface area contributed by atoms with Gasteiger partial charge in [-0.3, -0.25) is 0 Å². The Bertz CT molecular complexity index is 353. The molecule has 7 nitrogen and oxygen atoms in total. The molecule has 0 heterocycles. The SMILES string of the molecule is CCCCCCCCCCCC(=O)[O-].CCCCCCCCCCCC(=O)[O-].CCO.NCCO.[Ti+2]. The van der Waals surface area contributed by atoms with E-state index in [1.165, 1.54) is 89.9 Å². The number of aliphatic carboxylic acids is 2. The molecule has 0 bridgehead atoms. The number of nitrogens with two attached hydrogens (primary N) is 1. The minimum Gasteiger partial charge on any atom is -0.550 e. The van der Waals surface area contributed by atoms with E-state index < -0.39 is 11.9 Å². The molecule has 0 aromatic rings. The van der Waals surface area contributed by atoms with Crippen LogP contribution in [-0.4, -0.2) is 41.9 Å². The monoisotopic (exact) mass is 553 g/mol. The van der Waals surface area contributed by atoms with E-state index >= 15 is 0 Å². The van der Waals surface area contributed by atoms with E-state index in [0.29, 0.717) is 6.54 Å². The average Bonchev–Trinajstić information content (AvgIpc) is 2.83. The van der Waals surface area contributed by atoms with E-state index in [0.717, 1.165) is 25.7 Å². The van der Waals surface area contributed by atoms with E-state index in [1.54, 1.807) is 6.92 Å². The van der Waals surface area contributed by atoms with Crippen LogP contribution in [0.1, 0.15) is 149 Å². The fourth-order valence-electron chi connectivity index (χ4n) is 3.16. The maximum Gasteiger partial charge on any atom is 2.00 e. The summed E-state index contributed by atoms with van der Waals surface area (Å²) in [5.74, 6) is -1.82. The largest absolute Gasteiger partial charge is 2.00 e. The molecule has 0 aromatic carbocycles. The standard InChI is InChI=1S/2C12H24O2.C2H7NO.C2H6O.Ti/c2*1-2-3-4-5-6-7-8-9-10-11-12(13)14;3-1-2-4;1-2-3;/h2*2-11H2,1H3,(H,13,14);4H,1-3H2;3H,2H2,1H3;/q;;;;+2/p-2. The zero-order chi connectivity index (χ0) is 27.4. The first-order chi connectivity index (χ1) is 16.9. The average molecular weight is 554 g/mol. The van der Waals surface area contributed by atoms with Crippen LogP contribution in [0.15, 0.2) is 0 Å². The predicted octanol–water partition coefficient (Wildman–Crippen LogP) is 4.25. The number of aliphatic hydroxyl groups excluding tert-OH is 2. The van der Waals surface area contributed by atoms with Gasteiger partial charge in [0.05, 0.1) is 6.61 Å². The zero-order valence-corrected chi connectivity index (χ0v) is 25.4. The molecule has 0 spiro atoms. The van der Waals surface area contributed by atoms with Crippen molar-refractivity contribution < 1.29 is 51.7 Å². The number of hydrogen-bond acceptors (Lipinski definition) is 7. The third-order valence-corrected chi connectivity index (χ3v) is 5.10.